The molecule has 0 aromatic heterocycles. The molecule has 0 aliphatic carbocycles. The Morgan fingerprint density at radius 3 is 1.37 bits per heavy atom. The molecule has 2 atom stereocenters. The van der Waals surface area contributed by atoms with Gasteiger partial charge in [-0.3, -0.25) is 0 Å². The Morgan fingerprint density at radius 1 is 0.947 bits per heavy atom. The van der Waals surface area contributed by atoms with Crippen molar-refractivity contribution in [3.8, 4) is 0 Å². The maximum Gasteiger partial charge on any atom is 2.00 e. The molecular formula is C10H20MgN2O4S2. The third-order valence-electron chi connectivity index (χ3n) is 1.87. The van der Waals surface area contributed by atoms with Crippen LogP contribution in [0.5, 0.6) is 0 Å². The van der Waals surface area contributed by atoms with E-state index in [4.69, 9.17) is 11.5 Å². The van der Waals surface area contributed by atoms with Crippen molar-refractivity contribution < 1.29 is 19.8 Å². The average molecular weight is 321 g/mol. The SMILES string of the molecule is CSCC[C@H](N)C(=O)[O-].CSCC[C@H](N)C(=O)[O-].[Mg+2]. The van der Waals surface area contributed by atoms with Gasteiger partial charge in [0.15, 0.2) is 0 Å². The fraction of sp³-hybridized carbons (Fsp3) is 0.800. The largest absolute Gasteiger partial charge is 2.00 e. The number of nitrogens with two attached hydrogens (primary N) is 2. The predicted molar refractivity (Wildman–Crippen MR) is 77.7 cm³/mol. The van der Waals surface area contributed by atoms with Gasteiger partial charge in [-0.05, 0) is 36.9 Å². The van der Waals surface area contributed by atoms with Gasteiger partial charge < -0.3 is 31.3 Å². The standard InChI is InChI=1S/2C5H11NO2S.Mg/c2*1-9-3-2-4(6)5(7)8;/h2*4H,2-3,6H2,1H3,(H,7,8);/q;;+2/p-2/t2*4-;/m00./s1. The van der Waals surface area contributed by atoms with Gasteiger partial charge >= 0.3 is 23.1 Å². The summed E-state index contributed by atoms with van der Waals surface area (Å²) in [6.07, 6.45) is 4.79. The summed E-state index contributed by atoms with van der Waals surface area (Å²) in [4.78, 5) is 19.9. The fourth-order valence-electron chi connectivity index (χ4n) is 0.725. The second-order valence-corrected chi connectivity index (χ2v) is 5.39. The van der Waals surface area contributed by atoms with E-state index < -0.39 is 24.0 Å². The Kier molecular flexibility index (Phi) is 21.0. The zero-order valence-electron chi connectivity index (χ0n) is 11.3. The third kappa shape index (κ3) is 18.3. The minimum absolute atomic E-state index is 0. The molecule has 6 nitrogen and oxygen atoms in total. The topological polar surface area (TPSA) is 132 Å². The zero-order valence-corrected chi connectivity index (χ0v) is 14.3. The zero-order chi connectivity index (χ0) is 14.6. The molecule has 0 aliphatic rings. The Labute approximate surface area is 138 Å². The van der Waals surface area contributed by atoms with Crippen molar-refractivity contribution >= 4 is 58.5 Å². The van der Waals surface area contributed by atoms with Crippen LogP contribution < -0.4 is 21.7 Å². The Bertz CT molecular complexity index is 224. The van der Waals surface area contributed by atoms with Gasteiger partial charge in [0.25, 0.3) is 0 Å². The summed E-state index contributed by atoms with van der Waals surface area (Å²) in [6.45, 7) is 0. The van der Waals surface area contributed by atoms with Gasteiger partial charge in [-0.1, -0.05) is 0 Å². The quantitative estimate of drug-likeness (QED) is 0.460. The molecule has 4 N–H and O–H groups in total. The molecule has 0 aromatic rings. The normalized spacial score (nSPS) is 12.4. The van der Waals surface area contributed by atoms with Crippen LogP contribution in [-0.4, -0.2) is 71.1 Å². The van der Waals surface area contributed by atoms with Crippen LogP contribution in [0.25, 0.3) is 0 Å². The summed E-state index contributed by atoms with van der Waals surface area (Å²) in [6, 6.07) is -1.59. The molecule has 0 rings (SSSR count). The number of carboxylic acids is 2. The first-order chi connectivity index (χ1) is 8.36. The van der Waals surface area contributed by atoms with Crippen LogP contribution in [-0.2, 0) is 9.59 Å². The average Bonchev–Trinajstić information content (AvgIpc) is 2.33. The molecule has 0 bridgehead atoms. The van der Waals surface area contributed by atoms with Crippen LogP contribution in [0.2, 0.25) is 0 Å². The monoisotopic (exact) mass is 320 g/mol. The van der Waals surface area contributed by atoms with Crippen molar-refractivity contribution in [2.45, 2.75) is 24.9 Å². The number of carbonyl (C=O) groups is 2. The van der Waals surface area contributed by atoms with Crippen LogP contribution >= 0.6 is 23.5 Å². The number of carbonyl (C=O) groups excluding carboxylic acids is 2. The molecular weight excluding hydrogens is 301 g/mol. The molecule has 0 fully saturated rings. The van der Waals surface area contributed by atoms with Crippen LogP contribution in [0, 0.1) is 0 Å². The first-order valence-corrected chi connectivity index (χ1v) is 8.06. The smallest absolute Gasteiger partial charge is 0.548 e. The van der Waals surface area contributed by atoms with Crippen LogP contribution in [0.3, 0.4) is 0 Å². The molecule has 9 heteroatoms. The molecule has 0 aromatic carbocycles. The van der Waals surface area contributed by atoms with Crippen molar-refractivity contribution in [1.29, 1.82) is 0 Å². The van der Waals surface area contributed by atoms with Gasteiger partial charge in [-0.25, -0.2) is 0 Å². The number of rotatable bonds is 8. The van der Waals surface area contributed by atoms with E-state index in [1.807, 2.05) is 12.5 Å². The van der Waals surface area contributed by atoms with E-state index in [-0.39, 0.29) is 23.1 Å². The Morgan fingerprint density at radius 2 is 1.21 bits per heavy atom. The van der Waals surface area contributed by atoms with E-state index >= 15 is 0 Å². The molecule has 0 saturated heterocycles. The number of hydrogen-bond acceptors (Lipinski definition) is 8. The van der Waals surface area contributed by atoms with Crippen molar-refractivity contribution in [2.24, 2.45) is 11.5 Å². The molecule has 0 heterocycles. The second-order valence-electron chi connectivity index (χ2n) is 3.41. The summed E-state index contributed by atoms with van der Waals surface area (Å²) in [7, 11) is 0. The van der Waals surface area contributed by atoms with Crippen molar-refractivity contribution in [3.05, 3.63) is 0 Å². The summed E-state index contributed by atoms with van der Waals surface area (Å²) in [5.74, 6) is -0.780. The van der Waals surface area contributed by atoms with E-state index in [1.165, 1.54) is 0 Å². The molecule has 0 saturated carbocycles. The molecule has 0 radical (unpaired) electrons. The van der Waals surface area contributed by atoms with Gasteiger partial charge in [-0.2, -0.15) is 23.5 Å². The van der Waals surface area contributed by atoms with E-state index in [0.29, 0.717) is 12.8 Å². The van der Waals surface area contributed by atoms with Crippen LogP contribution in [0.1, 0.15) is 12.8 Å². The molecule has 0 unspecified atom stereocenters. The molecule has 0 spiro atoms. The predicted octanol–water partition coefficient (Wildman–Crippen LogP) is -2.75. The van der Waals surface area contributed by atoms with Crippen LogP contribution in [0.15, 0.2) is 0 Å². The first kappa shape index (κ1) is 24.4. The maximum absolute atomic E-state index is 9.96. The minimum Gasteiger partial charge on any atom is -0.548 e. The van der Waals surface area contributed by atoms with E-state index in [2.05, 4.69) is 0 Å². The minimum atomic E-state index is -1.16. The van der Waals surface area contributed by atoms with Gasteiger partial charge in [0.05, 0.1) is 11.9 Å². The molecule has 0 aliphatic heterocycles. The number of aliphatic carboxylic acids is 2. The molecule has 108 valence electrons. The summed E-state index contributed by atoms with van der Waals surface area (Å²) >= 11 is 3.15. The van der Waals surface area contributed by atoms with Crippen molar-refractivity contribution in [2.75, 3.05) is 24.0 Å². The summed E-state index contributed by atoms with van der Waals surface area (Å²) in [5.41, 5.74) is 10.3. The van der Waals surface area contributed by atoms with Crippen molar-refractivity contribution in [1.82, 2.24) is 0 Å². The Balaban J connectivity index is -0.000000256. The van der Waals surface area contributed by atoms with Crippen molar-refractivity contribution in [3.63, 3.8) is 0 Å². The van der Waals surface area contributed by atoms with Gasteiger partial charge in [0, 0.05) is 12.1 Å². The fourth-order valence-corrected chi connectivity index (χ4v) is 1.70. The first-order valence-electron chi connectivity index (χ1n) is 5.27. The number of hydrogen-bond donors (Lipinski definition) is 2. The number of carboxylic acid groups (broad SMARTS) is 2. The van der Waals surface area contributed by atoms with Gasteiger partial charge in [-0.15, -0.1) is 0 Å². The molecule has 0 amide bonds. The van der Waals surface area contributed by atoms with Gasteiger partial charge in [0.1, 0.15) is 0 Å². The van der Waals surface area contributed by atoms with E-state index in [9.17, 15) is 19.8 Å². The summed E-state index contributed by atoms with van der Waals surface area (Å²) in [5, 5.41) is 19.9. The number of thioether (sulfide) groups is 2. The van der Waals surface area contributed by atoms with Crippen LogP contribution in [0.4, 0.5) is 0 Å². The Hall–Kier alpha value is 0.326. The van der Waals surface area contributed by atoms with E-state index in [1.54, 1.807) is 23.5 Å². The maximum atomic E-state index is 9.96. The molecule has 19 heavy (non-hydrogen) atoms. The van der Waals surface area contributed by atoms with Gasteiger partial charge in [0.2, 0.25) is 0 Å². The third-order valence-corrected chi connectivity index (χ3v) is 3.16. The van der Waals surface area contributed by atoms with E-state index in [0.717, 1.165) is 11.5 Å². The summed E-state index contributed by atoms with van der Waals surface area (Å²) < 4.78 is 0. The second kappa shape index (κ2) is 16.4.